The maximum Gasteiger partial charge on any atom is 0.161 e. The zero-order valence-electron chi connectivity index (χ0n) is 12.4. The molecule has 108 valence electrons. The molecule has 0 saturated heterocycles. The van der Waals surface area contributed by atoms with Gasteiger partial charge in [0.1, 0.15) is 0 Å². The molecule has 5 nitrogen and oxygen atoms in total. The van der Waals surface area contributed by atoms with Crippen molar-refractivity contribution < 1.29 is 9.47 Å². The van der Waals surface area contributed by atoms with Crippen molar-refractivity contribution in [2.45, 2.75) is 26.4 Å². The molecule has 0 fully saturated rings. The largest absolute Gasteiger partial charge is 0.493 e. The third kappa shape index (κ3) is 2.63. The Bertz CT molecular complexity index is 593. The van der Waals surface area contributed by atoms with E-state index in [-0.39, 0.29) is 6.04 Å². The van der Waals surface area contributed by atoms with E-state index in [9.17, 15) is 0 Å². The van der Waals surface area contributed by atoms with Crippen molar-refractivity contribution in [3.05, 3.63) is 41.2 Å². The first kappa shape index (κ1) is 14.4. The second-order valence-electron chi connectivity index (χ2n) is 4.62. The Labute approximate surface area is 119 Å². The maximum absolute atomic E-state index is 6.36. The fourth-order valence-electron chi connectivity index (χ4n) is 2.29. The number of nitrogens with zero attached hydrogens (tertiary/aromatic N) is 2. The minimum atomic E-state index is -0.240. The maximum atomic E-state index is 6.36. The Hall–Kier alpha value is -2.01. The Kier molecular flexibility index (Phi) is 4.29. The van der Waals surface area contributed by atoms with Crippen LogP contribution in [0, 0.1) is 6.92 Å². The van der Waals surface area contributed by atoms with Crippen LogP contribution in [-0.4, -0.2) is 24.0 Å². The van der Waals surface area contributed by atoms with Crippen molar-refractivity contribution in [3.63, 3.8) is 0 Å². The lowest BCUT2D eigenvalue weighted by atomic mass is 10.0. The van der Waals surface area contributed by atoms with Crippen molar-refractivity contribution >= 4 is 0 Å². The van der Waals surface area contributed by atoms with Crippen LogP contribution in [0.5, 0.6) is 11.5 Å². The minimum absolute atomic E-state index is 0.240. The van der Waals surface area contributed by atoms with Crippen molar-refractivity contribution in [3.8, 4) is 11.5 Å². The second-order valence-corrected chi connectivity index (χ2v) is 4.62. The Morgan fingerprint density at radius 3 is 2.50 bits per heavy atom. The normalized spacial score (nSPS) is 12.2. The highest BCUT2D eigenvalue weighted by Crippen LogP contribution is 2.31. The molecule has 0 spiro atoms. The number of benzene rings is 1. The van der Waals surface area contributed by atoms with Crippen LogP contribution in [-0.2, 0) is 6.54 Å². The van der Waals surface area contributed by atoms with Gasteiger partial charge in [-0.15, -0.1) is 0 Å². The van der Waals surface area contributed by atoms with Crippen LogP contribution in [0.4, 0.5) is 0 Å². The first-order valence-electron chi connectivity index (χ1n) is 6.62. The first-order chi connectivity index (χ1) is 9.60. The molecule has 0 radical (unpaired) electrons. The molecule has 1 unspecified atom stereocenters. The number of hydrogen-bond donors (Lipinski definition) is 1. The first-order valence-corrected chi connectivity index (χ1v) is 6.62. The summed E-state index contributed by atoms with van der Waals surface area (Å²) in [4.78, 5) is 0. The molecular formula is C15H21N3O2. The summed E-state index contributed by atoms with van der Waals surface area (Å²) in [5.74, 6) is 1.38. The van der Waals surface area contributed by atoms with Gasteiger partial charge in [0, 0.05) is 6.54 Å². The summed E-state index contributed by atoms with van der Waals surface area (Å²) in [6, 6.07) is 7.51. The summed E-state index contributed by atoms with van der Waals surface area (Å²) < 4.78 is 12.5. The Balaban J connectivity index is 2.39. The molecule has 0 aliphatic rings. The fourth-order valence-corrected chi connectivity index (χ4v) is 2.29. The van der Waals surface area contributed by atoms with Gasteiger partial charge in [0.2, 0.25) is 0 Å². The quantitative estimate of drug-likeness (QED) is 0.909. The van der Waals surface area contributed by atoms with Crippen LogP contribution in [0.25, 0.3) is 0 Å². The van der Waals surface area contributed by atoms with E-state index in [0.29, 0.717) is 11.5 Å². The van der Waals surface area contributed by atoms with Gasteiger partial charge in [-0.3, -0.25) is 4.68 Å². The van der Waals surface area contributed by atoms with E-state index in [1.807, 2.05) is 35.9 Å². The number of methoxy groups -OCH3 is 2. The van der Waals surface area contributed by atoms with E-state index in [2.05, 4.69) is 12.0 Å². The van der Waals surface area contributed by atoms with Gasteiger partial charge in [0.05, 0.1) is 31.6 Å². The molecule has 0 aliphatic heterocycles. The highest BCUT2D eigenvalue weighted by atomic mass is 16.5. The lowest BCUT2D eigenvalue weighted by Crippen LogP contribution is -2.17. The minimum Gasteiger partial charge on any atom is -0.493 e. The average Bonchev–Trinajstić information content (AvgIpc) is 2.86. The van der Waals surface area contributed by atoms with Crippen LogP contribution in [0.1, 0.15) is 29.9 Å². The summed E-state index contributed by atoms with van der Waals surface area (Å²) in [5, 5.41) is 4.43. The topological polar surface area (TPSA) is 62.3 Å². The molecule has 1 atom stereocenters. The SMILES string of the molecule is CCn1nc(C)cc1C(N)c1ccc(OC)c(OC)c1. The number of rotatable bonds is 5. The predicted octanol–water partition coefficient (Wildman–Crippen LogP) is 2.28. The van der Waals surface area contributed by atoms with Gasteiger partial charge in [-0.05, 0) is 37.6 Å². The molecule has 0 aliphatic carbocycles. The summed E-state index contributed by atoms with van der Waals surface area (Å²) in [6.45, 7) is 4.82. The molecule has 0 bridgehead atoms. The third-order valence-electron chi connectivity index (χ3n) is 3.32. The number of hydrogen-bond acceptors (Lipinski definition) is 4. The molecule has 5 heteroatoms. The third-order valence-corrected chi connectivity index (χ3v) is 3.32. The van der Waals surface area contributed by atoms with Crippen LogP contribution in [0.2, 0.25) is 0 Å². The molecule has 20 heavy (non-hydrogen) atoms. The lowest BCUT2D eigenvalue weighted by molar-refractivity contribution is 0.354. The van der Waals surface area contributed by atoms with E-state index >= 15 is 0 Å². The van der Waals surface area contributed by atoms with Gasteiger partial charge in [0.25, 0.3) is 0 Å². The monoisotopic (exact) mass is 275 g/mol. The van der Waals surface area contributed by atoms with Crippen LogP contribution in [0.15, 0.2) is 24.3 Å². The van der Waals surface area contributed by atoms with Gasteiger partial charge >= 0.3 is 0 Å². The summed E-state index contributed by atoms with van der Waals surface area (Å²) >= 11 is 0. The van der Waals surface area contributed by atoms with Crippen LogP contribution >= 0.6 is 0 Å². The van der Waals surface area contributed by atoms with Gasteiger partial charge in [-0.2, -0.15) is 5.10 Å². The fraction of sp³-hybridized carbons (Fsp3) is 0.400. The molecule has 2 N–H and O–H groups in total. The zero-order chi connectivity index (χ0) is 14.7. The molecule has 1 heterocycles. The molecule has 0 amide bonds. The van der Waals surface area contributed by atoms with Crippen molar-refractivity contribution in [1.82, 2.24) is 9.78 Å². The van der Waals surface area contributed by atoms with E-state index in [1.165, 1.54) is 0 Å². The Morgan fingerprint density at radius 1 is 1.20 bits per heavy atom. The standard InChI is InChI=1S/C15H21N3O2/c1-5-18-12(8-10(2)17-18)15(16)11-6-7-13(19-3)14(9-11)20-4/h6-9,15H,5,16H2,1-4H3. The number of nitrogens with two attached hydrogens (primary N) is 1. The number of aromatic nitrogens is 2. The van der Waals surface area contributed by atoms with Gasteiger partial charge in [0.15, 0.2) is 11.5 Å². The lowest BCUT2D eigenvalue weighted by Gasteiger charge is -2.16. The van der Waals surface area contributed by atoms with Gasteiger partial charge in [-0.1, -0.05) is 6.07 Å². The smallest absolute Gasteiger partial charge is 0.161 e. The predicted molar refractivity (Wildman–Crippen MR) is 78.2 cm³/mol. The van der Waals surface area contributed by atoms with Gasteiger partial charge in [-0.25, -0.2) is 0 Å². The van der Waals surface area contributed by atoms with Crippen LogP contribution < -0.4 is 15.2 Å². The van der Waals surface area contributed by atoms with Gasteiger partial charge < -0.3 is 15.2 Å². The summed E-state index contributed by atoms with van der Waals surface area (Å²) in [6.07, 6.45) is 0. The highest BCUT2D eigenvalue weighted by Gasteiger charge is 2.16. The zero-order valence-corrected chi connectivity index (χ0v) is 12.4. The highest BCUT2D eigenvalue weighted by molar-refractivity contribution is 5.45. The second kappa shape index (κ2) is 5.96. The van der Waals surface area contributed by atoms with Crippen molar-refractivity contribution in [2.24, 2.45) is 5.73 Å². The number of aryl methyl sites for hydroxylation is 2. The molecule has 2 aromatic rings. The molecule has 1 aromatic carbocycles. The van der Waals surface area contributed by atoms with Crippen molar-refractivity contribution in [2.75, 3.05) is 14.2 Å². The average molecular weight is 275 g/mol. The summed E-state index contributed by atoms with van der Waals surface area (Å²) in [5.41, 5.74) is 9.30. The van der Waals surface area contributed by atoms with E-state index in [4.69, 9.17) is 15.2 Å². The molecular weight excluding hydrogens is 254 g/mol. The molecule has 0 saturated carbocycles. The number of ether oxygens (including phenoxy) is 2. The van der Waals surface area contributed by atoms with Crippen molar-refractivity contribution in [1.29, 1.82) is 0 Å². The summed E-state index contributed by atoms with van der Waals surface area (Å²) in [7, 11) is 3.24. The molecule has 1 aromatic heterocycles. The van der Waals surface area contributed by atoms with E-state index in [0.717, 1.165) is 23.5 Å². The van der Waals surface area contributed by atoms with Crippen LogP contribution in [0.3, 0.4) is 0 Å². The van der Waals surface area contributed by atoms with E-state index in [1.54, 1.807) is 14.2 Å². The molecule has 2 rings (SSSR count). The Morgan fingerprint density at radius 2 is 1.90 bits per heavy atom. The van der Waals surface area contributed by atoms with E-state index < -0.39 is 0 Å².